The molecule has 1 fully saturated rings. The number of carbonyl (C=O) groups is 1. The highest BCUT2D eigenvalue weighted by atomic mass is 35.5. The second kappa shape index (κ2) is 4.65. The van der Waals surface area contributed by atoms with Gasteiger partial charge in [-0.1, -0.05) is 11.6 Å². The van der Waals surface area contributed by atoms with E-state index >= 15 is 0 Å². The highest BCUT2D eigenvalue weighted by Gasteiger charge is 2.39. The summed E-state index contributed by atoms with van der Waals surface area (Å²) >= 11 is 5.77. The molecule has 2 rings (SSSR count). The Bertz CT molecular complexity index is 551. The van der Waals surface area contributed by atoms with E-state index in [2.05, 4.69) is 4.98 Å². The summed E-state index contributed by atoms with van der Waals surface area (Å²) in [5.41, 5.74) is 4.60. The molecule has 2 N–H and O–H groups in total. The fourth-order valence-electron chi connectivity index (χ4n) is 2.10. The van der Waals surface area contributed by atoms with Crippen LogP contribution < -0.4 is 10.6 Å². The zero-order chi connectivity index (χ0) is 14.2. The second-order valence-corrected chi connectivity index (χ2v) is 5.25. The van der Waals surface area contributed by atoms with E-state index in [1.165, 1.54) is 12.1 Å². The number of nitrogens with two attached hydrogens (primary N) is 1. The molecule has 0 saturated carbocycles. The largest absolute Gasteiger partial charge is 0.369 e. The Balaban J connectivity index is 2.29. The molecule has 7 nitrogen and oxygen atoms in total. The van der Waals surface area contributed by atoms with Crippen molar-refractivity contribution in [1.82, 2.24) is 4.98 Å². The van der Waals surface area contributed by atoms with Crippen LogP contribution in [0.25, 0.3) is 0 Å². The molecule has 0 radical (unpaired) electrons. The summed E-state index contributed by atoms with van der Waals surface area (Å²) in [5, 5.41) is 10.8. The number of anilines is 1. The quantitative estimate of drug-likeness (QED) is 0.513. The lowest BCUT2D eigenvalue weighted by Gasteiger charge is -2.21. The van der Waals surface area contributed by atoms with Gasteiger partial charge in [0.05, 0.1) is 22.5 Å². The summed E-state index contributed by atoms with van der Waals surface area (Å²) in [4.78, 5) is 27.5. The highest BCUT2D eigenvalue weighted by molar-refractivity contribution is 6.29. The van der Waals surface area contributed by atoms with Gasteiger partial charge in [0.15, 0.2) is 0 Å². The van der Waals surface area contributed by atoms with Crippen LogP contribution in [-0.2, 0) is 4.79 Å². The van der Waals surface area contributed by atoms with Crippen molar-refractivity contribution < 1.29 is 9.72 Å². The standard InChI is InChI=1S/C11H13ClN4O3/c1-11(10(13)17)2-3-15(6-11)9-5-7(16(18)19)4-8(12)14-9/h4-5H,2-3,6H2,1H3,(H2,13,17). The van der Waals surface area contributed by atoms with Gasteiger partial charge in [0.1, 0.15) is 11.0 Å². The molecule has 102 valence electrons. The van der Waals surface area contributed by atoms with Gasteiger partial charge in [-0.25, -0.2) is 4.98 Å². The molecule has 1 atom stereocenters. The van der Waals surface area contributed by atoms with Crippen LogP contribution in [0.15, 0.2) is 12.1 Å². The molecule has 1 aromatic heterocycles. The molecule has 0 aliphatic carbocycles. The lowest BCUT2D eigenvalue weighted by Crippen LogP contribution is -2.37. The highest BCUT2D eigenvalue weighted by Crippen LogP contribution is 2.33. The Morgan fingerprint density at radius 1 is 1.63 bits per heavy atom. The number of rotatable bonds is 3. The maximum atomic E-state index is 11.4. The third-order valence-electron chi connectivity index (χ3n) is 3.37. The zero-order valence-electron chi connectivity index (χ0n) is 10.3. The number of primary amides is 1. The van der Waals surface area contributed by atoms with E-state index in [0.29, 0.717) is 25.3 Å². The molecule has 1 aromatic rings. The molecular formula is C11H13ClN4O3. The molecule has 2 heterocycles. The minimum absolute atomic E-state index is 0.0527. The summed E-state index contributed by atoms with van der Waals surface area (Å²) in [6.07, 6.45) is 0.588. The smallest absolute Gasteiger partial charge is 0.276 e. The first-order valence-electron chi connectivity index (χ1n) is 5.69. The van der Waals surface area contributed by atoms with Crippen LogP contribution in [0, 0.1) is 15.5 Å². The van der Waals surface area contributed by atoms with Crippen molar-refractivity contribution in [1.29, 1.82) is 0 Å². The van der Waals surface area contributed by atoms with Gasteiger partial charge in [-0.2, -0.15) is 0 Å². The summed E-state index contributed by atoms with van der Waals surface area (Å²) in [6, 6.07) is 2.53. The van der Waals surface area contributed by atoms with Crippen molar-refractivity contribution in [3.05, 3.63) is 27.4 Å². The Morgan fingerprint density at radius 2 is 2.32 bits per heavy atom. The molecule has 0 bridgehead atoms. The van der Waals surface area contributed by atoms with Gasteiger partial charge in [0.25, 0.3) is 5.69 Å². The van der Waals surface area contributed by atoms with Crippen molar-refractivity contribution in [2.45, 2.75) is 13.3 Å². The Labute approximate surface area is 114 Å². The number of halogens is 1. The maximum Gasteiger partial charge on any atom is 0.276 e. The zero-order valence-corrected chi connectivity index (χ0v) is 11.1. The van der Waals surface area contributed by atoms with E-state index in [1.807, 2.05) is 0 Å². The molecule has 1 saturated heterocycles. The topological polar surface area (TPSA) is 102 Å². The van der Waals surface area contributed by atoms with Crippen LogP contribution in [0.5, 0.6) is 0 Å². The number of hydrogen-bond donors (Lipinski definition) is 1. The average Bonchev–Trinajstić information content (AvgIpc) is 2.72. The number of nitro groups is 1. The van der Waals surface area contributed by atoms with E-state index in [1.54, 1.807) is 11.8 Å². The van der Waals surface area contributed by atoms with E-state index in [9.17, 15) is 14.9 Å². The van der Waals surface area contributed by atoms with Gasteiger partial charge < -0.3 is 10.6 Å². The molecule has 8 heteroatoms. The third-order valence-corrected chi connectivity index (χ3v) is 3.56. The van der Waals surface area contributed by atoms with Crippen molar-refractivity contribution >= 4 is 29.0 Å². The summed E-state index contributed by atoms with van der Waals surface area (Å²) in [5.74, 6) is 0.00991. The first kappa shape index (κ1) is 13.5. The molecule has 1 aliphatic heterocycles. The van der Waals surface area contributed by atoms with Crippen molar-refractivity contribution in [3.8, 4) is 0 Å². The molecule has 0 aromatic carbocycles. The van der Waals surface area contributed by atoms with Crippen LogP contribution in [0.2, 0.25) is 5.15 Å². The number of nitrogens with zero attached hydrogens (tertiary/aromatic N) is 3. The minimum Gasteiger partial charge on any atom is -0.369 e. The first-order valence-corrected chi connectivity index (χ1v) is 6.06. The van der Waals surface area contributed by atoms with Crippen molar-refractivity contribution in [2.24, 2.45) is 11.1 Å². The molecule has 19 heavy (non-hydrogen) atoms. The molecule has 1 amide bonds. The summed E-state index contributed by atoms with van der Waals surface area (Å²) in [6.45, 7) is 2.71. The van der Waals surface area contributed by atoms with Gasteiger partial charge in [-0.05, 0) is 13.3 Å². The third kappa shape index (κ3) is 2.60. The van der Waals surface area contributed by atoms with Gasteiger partial charge in [0.2, 0.25) is 5.91 Å². The van der Waals surface area contributed by atoms with E-state index in [4.69, 9.17) is 17.3 Å². The predicted octanol–water partition coefficient (Wildman–Crippen LogP) is 1.34. The predicted molar refractivity (Wildman–Crippen MR) is 70.0 cm³/mol. The monoisotopic (exact) mass is 284 g/mol. The number of amides is 1. The van der Waals surface area contributed by atoms with Crippen molar-refractivity contribution in [3.63, 3.8) is 0 Å². The van der Waals surface area contributed by atoms with Crippen LogP contribution in [0.3, 0.4) is 0 Å². The maximum absolute atomic E-state index is 11.4. The van der Waals surface area contributed by atoms with Gasteiger partial charge in [-0.15, -0.1) is 0 Å². The first-order chi connectivity index (χ1) is 8.82. The van der Waals surface area contributed by atoms with Gasteiger partial charge in [-0.3, -0.25) is 14.9 Å². The molecule has 1 aliphatic rings. The van der Waals surface area contributed by atoms with Gasteiger partial charge >= 0.3 is 0 Å². The number of hydrogen-bond acceptors (Lipinski definition) is 5. The fraction of sp³-hybridized carbons (Fsp3) is 0.455. The van der Waals surface area contributed by atoms with Crippen LogP contribution >= 0.6 is 11.6 Å². The molecular weight excluding hydrogens is 272 g/mol. The number of aromatic nitrogens is 1. The Hall–Kier alpha value is -1.89. The minimum atomic E-state index is -0.640. The lowest BCUT2D eigenvalue weighted by molar-refractivity contribution is -0.384. The summed E-state index contributed by atoms with van der Waals surface area (Å²) in [7, 11) is 0. The normalized spacial score (nSPS) is 22.5. The van der Waals surface area contributed by atoms with E-state index < -0.39 is 10.3 Å². The molecule has 0 spiro atoms. The van der Waals surface area contributed by atoms with E-state index in [0.717, 1.165) is 0 Å². The van der Waals surface area contributed by atoms with Gasteiger partial charge in [0, 0.05) is 13.1 Å². The SMILES string of the molecule is CC1(C(N)=O)CCN(c2cc([N+](=O)[O-])cc(Cl)n2)C1. The molecule has 1 unspecified atom stereocenters. The Morgan fingerprint density at radius 3 is 2.84 bits per heavy atom. The lowest BCUT2D eigenvalue weighted by atomic mass is 9.89. The average molecular weight is 285 g/mol. The number of pyridine rings is 1. The second-order valence-electron chi connectivity index (χ2n) is 4.86. The van der Waals surface area contributed by atoms with E-state index in [-0.39, 0.29) is 16.7 Å². The summed E-state index contributed by atoms with van der Waals surface area (Å²) < 4.78 is 0. The van der Waals surface area contributed by atoms with Crippen LogP contribution in [-0.4, -0.2) is 28.9 Å². The van der Waals surface area contributed by atoms with Crippen molar-refractivity contribution in [2.75, 3.05) is 18.0 Å². The number of carbonyl (C=O) groups excluding carboxylic acids is 1. The fourth-order valence-corrected chi connectivity index (χ4v) is 2.29. The van der Waals surface area contributed by atoms with Crippen LogP contribution in [0.4, 0.5) is 11.5 Å². The Kier molecular flexibility index (Phi) is 3.32. The van der Waals surface area contributed by atoms with Crippen LogP contribution in [0.1, 0.15) is 13.3 Å².